The number of sulfonamides is 1. The van der Waals surface area contributed by atoms with Crippen LogP contribution in [-0.4, -0.2) is 52.5 Å². The Morgan fingerprint density at radius 1 is 1.14 bits per heavy atom. The number of halogens is 1. The number of rotatable bonds is 7. The molecule has 0 bridgehead atoms. The monoisotopic (exact) mass is 421 g/mol. The normalized spacial score (nSPS) is 14.8. The number of hydrogen-bond acceptors (Lipinski definition) is 4. The van der Waals surface area contributed by atoms with Gasteiger partial charge in [-0.1, -0.05) is 23.7 Å². The molecule has 8 heteroatoms. The van der Waals surface area contributed by atoms with Crippen LogP contribution in [0.25, 0.3) is 0 Å². The van der Waals surface area contributed by atoms with Gasteiger partial charge in [-0.05, 0) is 62.3 Å². The van der Waals surface area contributed by atoms with E-state index in [1.165, 1.54) is 32.0 Å². The van der Waals surface area contributed by atoms with Crippen LogP contribution in [0, 0.1) is 0 Å². The summed E-state index contributed by atoms with van der Waals surface area (Å²) in [6.07, 6.45) is 2.40. The third kappa shape index (κ3) is 4.84. The van der Waals surface area contributed by atoms with Crippen LogP contribution < -0.4 is 9.62 Å². The van der Waals surface area contributed by atoms with E-state index < -0.39 is 10.0 Å². The van der Waals surface area contributed by atoms with E-state index in [1.54, 1.807) is 36.4 Å². The lowest BCUT2D eigenvalue weighted by molar-refractivity contribution is 0.0949. The van der Waals surface area contributed by atoms with E-state index in [0.717, 1.165) is 23.9 Å². The maximum atomic E-state index is 13.0. The second-order valence-corrected chi connectivity index (χ2v) is 9.19. The highest BCUT2D eigenvalue weighted by atomic mass is 35.5. The number of carbonyl (C=O) groups excluding carboxylic acids is 1. The fourth-order valence-electron chi connectivity index (χ4n) is 3.20. The second-order valence-electron chi connectivity index (χ2n) is 6.78. The molecule has 1 heterocycles. The molecule has 0 radical (unpaired) electrons. The van der Waals surface area contributed by atoms with Crippen LogP contribution >= 0.6 is 11.6 Å². The number of anilines is 1. The van der Waals surface area contributed by atoms with Crippen molar-refractivity contribution in [3.8, 4) is 0 Å². The Hall–Kier alpha value is -2.09. The average molecular weight is 422 g/mol. The third-order valence-corrected chi connectivity index (χ3v) is 6.86. The molecule has 1 saturated heterocycles. The lowest BCUT2D eigenvalue weighted by Gasteiger charge is -2.20. The number of benzene rings is 2. The summed E-state index contributed by atoms with van der Waals surface area (Å²) in [6, 6.07) is 12.7. The van der Waals surface area contributed by atoms with Crippen molar-refractivity contribution in [3.05, 3.63) is 59.1 Å². The van der Waals surface area contributed by atoms with Crippen molar-refractivity contribution in [2.45, 2.75) is 17.7 Å². The third-order valence-electron chi connectivity index (χ3n) is 4.84. The van der Waals surface area contributed by atoms with Gasteiger partial charge in [-0.15, -0.1) is 0 Å². The molecule has 150 valence electrons. The maximum Gasteiger partial charge on any atom is 0.264 e. The number of hydrogen-bond donors (Lipinski definition) is 1. The Morgan fingerprint density at radius 2 is 1.86 bits per heavy atom. The number of nitrogens with one attached hydrogen (secondary N) is 1. The lowest BCUT2D eigenvalue weighted by atomic mass is 10.2. The smallest absolute Gasteiger partial charge is 0.264 e. The predicted octanol–water partition coefficient (Wildman–Crippen LogP) is 2.99. The van der Waals surface area contributed by atoms with Gasteiger partial charge in [-0.25, -0.2) is 8.42 Å². The number of carbonyl (C=O) groups is 1. The molecular formula is C20H24ClN3O3S. The first-order valence-electron chi connectivity index (χ1n) is 9.23. The minimum Gasteiger partial charge on any atom is -0.351 e. The summed E-state index contributed by atoms with van der Waals surface area (Å²) in [6.45, 7) is 3.48. The molecule has 6 nitrogen and oxygen atoms in total. The van der Waals surface area contributed by atoms with E-state index in [0.29, 0.717) is 22.8 Å². The molecule has 1 amide bonds. The number of nitrogens with zero attached hydrogens (tertiary/aromatic N) is 2. The zero-order valence-electron chi connectivity index (χ0n) is 15.8. The van der Waals surface area contributed by atoms with Gasteiger partial charge in [-0.2, -0.15) is 0 Å². The summed E-state index contributed by atoms with van der Waals surface area (Å²) in [7, 11) is -2.35. The van der Waals surface area contributed by atoms with E-state index in [1.807, 2.05) is 0 Å². The first-order valence-corrected chi connectivity index (χ1v) is 11.0. The molecule has 2 aromatic rings. The van der Waals surface area contributed by atoms with Crippen molar-refractivity contribution < 1.29 is 13.2 Å². The van der Waals surface area contributed by atoms with Gasteiger partial charge in [0.25, 0.3) is 15.9 Å². The van der Waals surface area contributed by atoms with E-state index in [4.69, 9.17) is 11.6 Å². The van der Waals surface area contributed by atoms with Gasteiger partial charge in [0.1, 0.15) is 0 Å². The molecule has 0 aromatic heterocycles. The van der Waals surface area contributed by atoms with Gasteiger partial charge in [0.15, 0.2) is 0 Å². The van der Waals surface area contributed by atoms with Crippen LogP contribution in [0.5, 0.6) is 0 Å². The van der Waals surface area contributed by atoms with Crippen molar-refractivity contribution in [1.29, 1.82) is 0 Å². The summed E-state index contributed by atoms with van der Waals surface area (Å²) < 4.78 is 27.1. The van der Waals surface area contributed by atoms with Gasteiger partial charge in [0.05, 0.1) is 10.6 Å². The first kappa shape index (κ1) is 20.6. The van der Waals surface area contributed by atoms with Gasteiger partial charge >= 0.3 is 0 Å². The highest BCUT2D eigenvalue weighted by molar-refractivity contribution is 7.92. The molecule has 1 aliphatic rings. The first-order chi connectivity index (χ1) is 13.4. The quantitative estimate of drug-likeness (QED) is 0.746. The van der Waals surface area contributed by atoms with Crippen molar-refractivity contribution >= 4 is 33.2 Å². The Labute approximate surface area is 171 Å². The largest absolute Gasteiger partial charge is 0.351 e. The standard InChI is InChI=1S/C20H24ClN3O3S/c1-23(18-8-5-7-17(21)15-18)28(26,27)19-9-4-6-16(14-19)20(25)22-10-13-24-11-2-3-12-24/h4-9,14-15H,2-3,10-13H2,1H3,(H,22,25). The van der Waals surface area contributed by atoms with Gasteiger partial charge in [0.2, 0.25) is 0 Å². The van der Waals surface area contributed by atoms with Crippen molar-refractivity contribution in [2.24, 2.45) is 0 Å². The van der Waals surface area contributed by atoms with E-state index in [2.05, 4.69) is 10.2 Å². The predicted molar refractivity (Wildman–Crippen MR) is 111 cm³/mol. The van der Waals surface area contributed by atoms with Gasteiger partial charge in [0, 0.05) is 30.7 Å². The Balaban J connectivity index is 1.71. The van der Waals surface area contributed by atoms with Crippen LogP contribution in [0.3, 0.4) is 0 Å². The minimum atomic E-state index is -3.81. The molecule has 0 atom stereocenters. The van der Waals surface area contributed by atoms with Crippen molar-refractivity contribution in [2.75, 3.05) is 37.5 Å². The molecule has 0 aliphatic carbocycles. The number of likely N-dealkylation sites (tertiary alicyclic amines) is 1. The fraction of sp³-hybridized carbons (Fsp3) is 0.350. The molecule has 3 rings (SSSR count). The summed E-state index contributed by atoms with van der Waals surface area (Å²) >= 11 is 5.97. The molecule has 28 heavy (non-hydrogen) atoms. The Morgan fingerprint density at radius 3 is 2.57 bits per heavy atom. The van der Waals surface area contributed by atoms with E-state index in [9.17, 15) is 13.2 Å². The Bertz CT molecular complexity index is 943. The zero-order valence-corrected chi connectivity index (χ0v) is 17.3. The molecule has 2 aromatic carbocycles. The molecule has 1 aliphatic heterocycles. The van der Waals surface area contributed by atoms with Gasteiger partial charge in [-0.3, -0.25) is 9.10 Å². The maximum absolute atomic E-state index is 13.0. The van der Waals surface area contributed by atoms with Crippen LogP contribution in [0.2, 0.25) is 5.02 Å². The molecule has 0 saturated carbocycles. The van der Waals surface area contributed by atoms with Gasteiger partial charge < -0.3 is 10.2 Å². The average Bonchev–Trinajstić information content (AvgIpc) is 3.21. The van der Waals surface area contributed by atoms with Crippen molar-refractivity contribution in [1.82, 2.24) is 10.2 Å². The van der Waals surface area contributed by atoms with Crippen LogP contribution in [0.4, 0.5) is 5.69 Å². The zero-order chi connectivity index (χ0) is 20.1. The summed E-state index contributed by atoms with van der Waals surface area (Å²) in [5.74, 6) is -0.276. The SMILES string of the molecule is CN(c1cccc(Cl)c1)S(=O)(=O)c1cccc(C(=O)NCCN2CCCC2)c1. The second kappa shape index (κ2) is 8.94. The highest BCUT2D eigenvalue weighted by Gasteiger charge is 2.22. The van der Waals surface area contributed by atoms with Crippen molar-refractivity contribution in [3.63, 3.8) is 0 Å². The lowest BCUT2D eigenvalue weighted by Crippen LogP contribution is -2.33. The molecular weight excluding hydrogens is 398 g/mol. The minimum absolute atomic E-state index is 0.0576. The van der Waals surface area contributed by atoms with E-state index in [-0.39, 0.29) is 10.8 Å². The van der Waals surface area contributed by atoms with Crippen LogP contribution in [0.15, 0.2) is 53.4 Å². The topological polar surface area (TPSA) is 69.7 Å². The molecule has 0 spiro atoms. The van der Waals surface area contributed by atoms with E-state index >= 15 is 0 Å². The Kier molecular flexibility index (Phi) is 6.59. The summed E-state index contributed by atoms with van der Waals surface area (Å²) in [4.78, 5) is 14.8. The van der Waals surface area contributed by atoms with Crippen LogP contribution in [0.1, 0.15) is 23.2 Å². The molecule has 1 fully saturated rings. The van der Waals surface area contributed by atoms with Crippen LogP contribution in [-0.2, 0) is 10.0 Å². The number of amides is 1. The fourth-order valence-corrected chi connectivity index (χ4v) is 4.62. The molecule has 1 N–H and O–H groups in total. The summed E-state index contributed by atoms with van der Waals surface area (Å²) in [5.41, 5.74) is 0.773. The summed E-state index contributed by atoms with van der Waals surface area (Å²) in [5, 5.41) is 3.32. The molecule has 0 unspecified atom stereocenters. The highest BCUT2D eigenvalue weighted by Crippen LogP contribution is 2.25.